The van der Waals surface area contributed by atoms with Crippen LogP contribution < -0.4 is 5.73 Å². The first kappa shape index (κ1) is 12.9. The van der Waals surface area contributed by atoms with Crippen LogP contribution in [0.25, 0.3) is 0 Å². The summed E-state index contributed by atoms with van der Waals surface area (Å²) >= 11 is 0. The Bertz CT molecular complexity index is 455. The quantitative estimate of drug-likeness (QED) is 0.779. The van der Waals surface area contributed by atoms with E-state index in [0.29, 0.717) is 25.2 Å². The lowest BCUT2D eigenvalue weighted by atomic mass is 10.1. The Morgan fingerprint density at radius 1 is 1.28 bits per heavy atom. The minimum absolute atomic E-state index is 0.127. The van der Waals surface area contributed by atoms with Gasteiger partial charge in [0, 0.05) is 24.7 Å². The maximum atomic E-state index is 13.0. The molecule has 18 heavy (non-hydrogen) atoms. The van der Waals surface area contributed by atoms with E-state index < -0.39 is 23.4 Å². The molecule has 1 heterocycles. The van der Waals surface area contributed by atoms with Crippen LogP contribution in [0.15, 0.2) is 12.1 Å². The molecule has 0 aliphatic carbocycles. The van der Waals surface area contributed by atoms with Gasteiger partial charge in [-0.05, 0) is 25.0 Å². The molecule has 1 aliphatic rings. The second-order valence-corrected chi connectivity index (χ2v) is 4.41. The summed E-state index contributed by atoms with van der Waals surface area (Å²) < 4.78 is 38.9. The summed E-state index contributed by atoms with van der Waals surface area (Å²) in [6.07, 6.45) is 1.56. The third kappa shape index (κ3) is 2.48. The number of nitrogens with zero attached hydrogens (tertiary/aromatic N) is 1. The Kier molecular flexibility index (Phi) is 3.56. The summed E-state index contributed by atoms with van der Waals surface area (Å²) in [4.78, 5) is 13.4. The molecule has 1 atom stereocenters. The molecular formula is C12H13F3N2O. The second kappa shape index (κ2) is 4.97. The molecular weight excluding hydrogens is 245 g/mol. The van der Waals surface area contributed by atoms with Crippen molar-refractivity contribution in [2.24, 2.45) is 5.73 Å². The van der Waals surface area contributed by atoms with Gasteiger partial charge in [-0.25, -0.2) is 13.2 Å². The van der Waals surface area contributed by atoms with Crippen molar-refractivity contribution in [1.82, 2.24) is 4.90 Å². The predicted molar refractivity (Wildman–Crippen MR) is 59.4 cm³/mol. The van der Waals surface area contributed by atoms with E-state index in [2.05, 4.69) is 0 Å². The van der Waals surface area contributed by atoms with Crippen molar-refractivity contribution < 1.29 is 18.0 Å². The highest BCUT2D eigenvalue weighted by molar-refractivity contribution is 5.94. The third-order valence-corrected chi connectivity index (χ3v) is 2.98. The average molecular weight is 258 g/mol. The standard InChI is InChI=1S/C12H13F3N2O/c13-9-4-7(5-10(14)11(9)15)12(18)17-3-1-2-8(16)6-17/h4-5,8H,1-3,6,16H2/t8-/m1/s1. The number of carbonyl (C=O) groups excluding carboxylic acids is 1. The molecule has 2 N–H and O–H groups in total. The predicted octanol–water partition coefficient (Wildman–Crippen LogP) is 1.67. The first-order valence-electron chi connectivity index (χ1n) is 5.68. The molecule has 0 unspecified atom stereocenters. The number of carbonyl (C=O) groups is 1. The van der Waals surface area contributed by atoms with E-state index in [4.69, 9.17) is 5.73 Å². The Morgan fingerprint density at radius 3 is 2.44 bits per heavy atom. The van der Waals surface area contributed by atoms with Crippen LogP contribution in [0.5, 0.6) is 0 Å². The Morgan fingerprint density at radius 2 is 1.89 bits per heavy atom. The van der Waals surface area contributed by atoms with Gasteiger partial charge in [-0.2, -0.15) is 0 Å². The van der Waals surface area contributed by atoms with Crippen LogP contribution in [0.4, 0.5) is 13.2 Å². The molecule has 1 fully saturated rings. The molecule has 2 rings (SSSR count). The van der Waals surface area contributed by atoms with Gasteiger partial charge in [0.1, 0.15) is 0 Å². The van der Waals surface area contributed by atoms with Gasteiger partial charge in [-0.15, -0.1) is 0 Å². The van der Waals surface area contributed by atoms with E-state index in [0.717, 1.165) is 12.8 Å². The minimum atomic E-state index is -1.57. The molecule has 3 nitrogen and oxygen atoms in total. The fourth-order valence-electron chi connectivity index (χ4n) is 2.06. The molecule has 1 aromatic carbocycles. The molecule has 1 aromatic rings. The van der Waals surface area contributed by atoms with E-state index in [-0.39, 0.29) is 11.6 Å². The van der Waals surface area contributed by atoms with Crippen LogP contribution in [0.1, 0.15) is 23.2 Å². The number of piperidine rings is 1. The highest BCUT2D eigenvalue weighted by Crippen LogP contribution is 2.17. The number of rotatable bonds is 1. The zero-order valence-electron chi connectivity index (χ0n) is 9.63. The molecule has 6 heteroatoms. The van der Waals surface area contributed by atoms with E-state index >= 15 is 0 Å². The molecule has 0 bridgehead atoms. The van der Waals surface area contributed by atoms with Gasteiger partial charge in [0.05, 0.1) is 0 Å². The molecule has 1 aliphatic heterocycles. The van der Waals surface area contributed by atoms with Crippen molar-refractivity contribution in [3.63, 3.8) is 0 Å². The van der Waals surface area contributed by atoms with E-state index in [1.807, 2.05) is 0 Å². The lowest BCUT2D eigenvalue weighted by molar-refractivity contribution is 0.0707. The second-order valence-electron chi connectivity index (χ2n) is 4.41. The fraction of sp³-hybridized carbons (Fsp3) is 0.417. The molecule has 0 aromatic heterocycles. The van der Waals surface area contributed by atoms with Crippen molar-refractivity contribution in [2.45, 2.75) is 18.9 Å². The van der Waals surface area contributed by atoms with Crippen LogP contribution in [0.3, 0.4) is 0 Å². The maximum absolute atomic E-state index is 13.0. The smallest absolute Gasteiger partial charge is 0.254 e. The largest absolute Gasteiger partial charge is 0.337 e. The fourth-order valence-corrected chi connectivity index (χ4v) is 2.06. The number of hydrogen-bond acceptors (Lipinski definition) is 2. The van der Waals surface area contributed by atoms with Crippen LogP contribution in [0, 0.1) is 17.5 Å². The Balaban J connectivity index is 2.23. The summed E-state index contributed by atoms with van der Waals surface area (Å²) in [6.45, 7) is 0.840. The summed E-state index contributed by atoms with van der Waals surface area (Å²) in [5, 5.41) is 0. The van der Waals surface area contributed by atoms with Gasteiger partial charge in [-0.3, -0.25) is 4.79 Å². The van der Waals surface area contributed by atoms with Gasteiger partial charge < -0.3 is 10.6 Å². The van der Waals surface area contributed by atoms with Crippen molar-refractivity contribution in [3.05, 3.63) is 35.1 Å². The summed E-state index contributed by atoms with van der Waals surface area (Å²) in [7, 11) is 0. The van der Waals surface area contributed by atoms with Crippen molar-refractivity contribution in [1.29, 1.82) is 0 Å². The zero-order chi connectivity index (χ0) is 13.3. The number of likely N-dealkylation sites (tertiary alicyclic amines) is 1. The first-order chi connectivity index (χ1) is 8.49. The van der Waals surface area contributed by atoms with Crippen LogP contribution >= 0.6 is 0 Å². The molecule has 1 amide bonds. The SMILES string of the molecule is N[C@@H]1CCCN(C(=O)c2cc(F)c(F)c(F)c2)C1. The normalized spacial score (nSPS) is 20.0. The van der Waals surface area contributed by atoms with Gasteiger partial charge in [0.15, 0.2) is 17.5 Å². The monoisotopic (exact) mass is 258 g/mol. The molecule has 1 saturated heterocycles. The minimum Gasteiger partial charge on any atom is -0.337 e. The van der Waals surface area contributed by atoms with Crippen molar-refractivity contribution >= 4 is 5.91 Å². The number of benzene rings is 1. The van der Waals surface area contributed by atoms with Crippen molar-refractivity contribution in [3.8, 4) is 0 Å². The Hall–Kier alpha value is -1.56. The van der Waals surface area contributed by atoms with E-state index in [1.54, 1.807) is 0 Å². The first-order valence-corrected chi connectivity index (χ1v) is 5.68. The van der Waals surface area contributed by atoms with Crippen LogP contribution in [-0.4, -0.2) is 29.9 Å². The maximum Gasteiger partial charge on any atom is 0.254 e. The van der Waals surface area contributed by atoms with E-state index in [9.17, 15) is 18.0 Å². The van der Waals surface area contributed by atoms with Gasteiger partial charge in [0.25, 0.3) is 5.91 Å². The van der Waals surface area contributed by atoms with Gasteiger partial charge in [-0.1, -0.05) is 0 Å². The van der Waals surface area contributed by atoms with Crippen molar-refractivity contribution in [2.75, 3.05) is 13.1 Å². The lowest BCUT2D eigenvalue weighted by Crippen LogP contribution is -2.45. The van der Waals surface area contributed by atoms with Crippen LogP contribution in [0.2, 0.25) is 0 Å². The van der Waals surface area contributed by atoms with Crippen LogP contribution in [-0.2, 0) is 0 Å². The number of nitrogens with two attached hydrogens (primary N) is 1. The summed E-state index contributed by atoms with van der Waals surface area (Å²) in [5.74, 6) is -4.82. The number of halogens is 3. The highest BCUT2D eigenvalue weighted by atomic mass is 19.2. The summed E-state index contributed by atoms with van der Waals surface area (Å²) in [5.41, 5.74) is 5.53. The molecule has 0 radical (unpaired) electrons. The summed E-state index contributed by atoms with van der Waals surface area (Å²) in [6, 6.07) is 1.29. The van der Waals surface area contributed by atoms with Gasteiger partial charge >= 0.3 is 0 Å². The number of hydrogen-bond donors (Lipinski definition) is 1. The third-order valence-electron chi connectivity index (χ3n) is 2.98. The molecule has 98 valence electrons. The average Bonchev–Trinajstić information content (AvgIpc) is 2.34. The number of amides is 1. The lowest BCUT2D eigenvalue weighted by Gasteiger charge is -2.30. The molecule has 0 spiro atoms. The topological polar surface area (TPSA) is 46.3 Å². The Labute approximate surface area is 102 Å². The highest BCUT2D eigenvalue weighted by Gasteiger charge is 2.24. The molecule has 0 saturated carbocycles. The van der Waals surface area contributed by atoms with E-state index in [1.165, 1.54) is 4.90 Å². The zero-order valence-corrected chi connectivity index (χ0v) is 9.63. The van der Waals surface area contributed by atoms with Gasteiger partial charge in [0.2, 0.25) is 0 Å².